The first-order valence-corrected chi connectivity index (χ1v) is 10.6. The third kappa shape index (κ3) is 7.00. The van der Waals surface area contributed by atoms with E-state index in [1.165, 1.54) is 0 Å². The molecule has 164 valence electrons. The van der Waals surface area contributed by atoms with Crippen molar-refractivity contribution in [2.24, 2.45) is 0 Å². The van der Waals surface area contributed by atoms with Gasteiger partial charge in [-0.15, -0.1) is 0 Å². The predicted molar refractivity (Wildman–Crippen MR) is 128 cm³/mol. The number of para-hydroxylation sites is 2. The second kappa shape index (κ2) is 11.2. The minimum Gasteiger partial charge on any atom is -0.324 e. The number of nitrogens with zero attached hydrogens (tertiary/aromatic N) is 2. The number of rotatable bonds is 8. The maximum Gasteiger partial charge on any atom is 0.257 e. The fraction of sp³-hybridized carbons (Fsp3) is 0.130. The largest absolute Gasteiger partial charge is 0.324 e. The van der Waals surface area contributed by atoms with Crippen LogP contribution < -0.4 is 16.0 Å². The fourth-order valence-corrected chi connectivity index (χ4v) is 3.11. The molecule has 3 N–H and O–H groups in total. The molecule has 3 aromatic rings. The van der Waals surface area contributed by atoms with Crippen LogP contribution in [0.15, 0.2) is 77.4 Å². The molecule has 0 bridgehead atoms. The zero-order valence-corrected chi connectivity index (χ0v) is 18.9. The standard InChI is InChI=1S/C23H22BrN5O3/c1-29(15-22(31)28-20-12-11-16(24)13-25-20)14-21(30)27-19-10-6-5-9-18(19)23(32)26-17-7-3-2-4-8-17/h2-13H,14-15H2,1H3,(H,26,32)(H,27,30)(H,25,28,31). The van der Waals surface area contributed by atoms with Crippen molar-refractivity contribution in [3.63, 3.8) is 0 Å². The van der Waals surface area contributed by atoms with Gasteiger partial charge in [0.1, 0.15) is 5.82 Å². The topological polar surface area (TPSA) is 103 Å². The molecule has 0 saturated carbocycles. The van der Waals surface area contributed by atoms with E-state index in [4.69, 9.17) is 0 Å². The number of benzene rings is 2. The number of carbonyl (C=O) groups is 3. The van der Waals surface area contributed by atoms with E-state index >= 15 is 0 Å². The summed E-state index contributed by atoms with van der Waals surface area (Å²) >= 11 is 3.28. The van der Waals surface area contributed by atoms with Gasteiger partial charge in [-0.25, -0.2) is 4.98 Å². The summed E-state index contributed by atoms with van der Waals surface area (Å²) in [5.74, 6) is -0.545. The minimum absolute atomic E-state index is 0.00129. The first-order chi connectivity index (χ1) is 15.4. The van der Waals surface area contributed by atoms with Gasteiger partial charge in [0.25, 0.3) is 5.91 Å². The Morgan fingerprint density at radius 3 is 2.19 bits per heavy atom. The summed E-state index contributed by atoms with van der Waals surface area (Å²) in [5, 5.41) is 8.22. The first-order valence-electron chi connectivity index (χ1n) is 9.76. The van der Waals surface area contributed by atoms with Gasteiger partial charge in [0.15, 0.2) is 0 Å². The van der Waals surface area contributed by atoms with E-state index in [9.17, 15) is 14.4 Å². The molecule has 0 fully saturated rings. The molecular formula is C23H22BrN5O3. The molecule has 3 amide bonds. The van der Waals surface area contributed by atoms with E-state index in [2.05, 4.69) is 36.9 Å². The van der Waals surface area contributed by atoms with Crippen LogP contribution >= 0.6 is 15.9 Å². The van der Waals surface area contributed by atoms with E-state index in [-0.39, 0.29) is 30.8 Å². The van der Waals surface area contributed by atoms with Gasteiger partial charge in [-0.1, -0.05) is 30.3 Å². The fourth-order valence-electron chi connectivity index (χ4n) is 2.88. The van der Waals surface area contributed by atoms with Crippen LogP contribution in [0, 0.1) is 0 Å². The second-order valence-electron chi connectivity index (χ2n) is 7.00. The Balaban J connectivity index is 1.54. The number of halogens is 1. The molecule has 1 heterocycles. The second-order valence-corrected chi connectivity index (χ2v) is 7.91. The Morgan fingerprint density at radius 1 is 0.844 bits per heavy atom. The van der Waals surface area contributed by atoms with Crippen LogP contribution in [-0.4, -0.2) is 47.7 Å². The lowest BCUT2D eigenvalue weighted by atomic mass is 10.1. The van der Waals surface area contributed by atoms with Gasteiger partial charge < -0.3 is 16.0 Å². The highest BCUT2D eigenvalue weighted by Gasteiger charge is 2.16. The van der Waals surface area contributed by atoms with Gasteiger partial charge in [0.05, 0.1) is 24.3 Å². The van der Waals surface area contributed by atoms with Crippen molar-refractivity contribution in [2.75, 3.05) is 36.1 Å². The van der Waals surface area contributed by atoms with E-state index < -0.39 is 0 Å². The number of pyridine rings is 1. The van der Waals surface area contributed by atoms with Gasteiger partial charge in [0, 0.05) is 16.4 Å². The maximum atomic E-state index is 12.6. The zero-order chi connectivity index (χ0) is 22.9. The highest BCUT2D eigenvalue weighted by atomic mass is 79.9. The first kappa shape index (κ1) is 23.1. The Hall–Kier alpha value is -3.56. The lowest BCUT2D eigenvalue weighted by molar-refractivity contribution is -0.119. The molecule has 0 aliphatic rings. The Kier molecular flexibility index (Phi) is 8.07. The molecule has 0 aliphatic heterocycles. The molecule has 0 aliphatic carbocycles. The lowest BCUT2D eigenvalue weighted by Gasteiger charge is -2.17. The molecule has 32 heavy (non-hydrogen) atoms. The van der Waals surface area contributed by atoms with E-state index in [1.54, 1.807) is 66.7 Å². The highest BCUT2D eigenvalue weighted by Crippen LogP contribution is 2.17. The molecule has 0 unspecified atom stereocenters. The van der Waals surface area contributed by atoms with Crippen molar-refractivity contribution >= 4 is 50.8 Å². The van der Waals surface area contributed by atoms with Gasteiger partial charge in [-0.2, -0.15) is 0 Å². The number of aromatic nitrogens is 1. The molecule has 0 radical (unpaired) electrons. The lowest BCUT2D eigenvalue weighted by Crippen LogP contribution is -2.36. The molecule has 3 rings (SSSR count). The predicted octanol–water partition coefficient (Wildman–Crippen LogP) is 3.61. The van der Waals surface area contributed by atoms with Crippen LogP contribution in [-0.2, 0) is 9.59 Å². The van der Waals surface area contributed by atoms with Gasteiger partial charge in [-0.3, -0.25) is 19.3 Å². The third-order valence-corrected chi connectivity index (χ3v) is 4.77. The Morgan fingerprint density at radius 2 is 1.50 bits per heavy atom. The molecular weight excluding hydrogens is 474 g/mol. The molecule has 2 aromatic carbocycles. The normalized spacial score (nSPS) is 10.5. The van der Waals surface area contributed by atoms with Crippen molar-refractivity contribution < 1.29 is 14.4 Å². The molecule has 9 heteroatoms. The highest BCUT2D eigenvalue weighted by molar-refractivity contribution is 9.10. The number of hydrogen-bond donors (Lipinski definition) is 3. The molecule has 8 nitrogen and oxygen atoms in total. The summed E-state index contributed by atoms with van der Waals surface area (Å²) in [7, 11) is 1.65. The Bertz CT molecular complexity index is 1090. The van der Waals surface area contributed by atoms with Crippen molar-refractivity contribution in [3.8, 4) is 0 Å². The summed E-state index contributed by atoms with van der Waals surface area (Å²) in [4.78, 5) is 43.0. The summed E-state index contributed by atoms with van der Waals surface area (Å²) < 4.78 is 0.807. The third-order valence-electron chi connectivity index (χ3n) is 4.30. The molecule has 0 saturated heterocycles. The minimum atomic E-state index is -0.345. The quantitative estimate of drug-likeness (QED) is 0.442. The van der Waals surface area contributed by atoms with Crippen molar-refractivity contribution in [2.45, 2.75) is 0 Å². The van der Waals surface area contributed by atoms with Crippen LogP contribution in [0.5, 0.6) is 0 Å². The average molecular weight is 496 g/mol. The number of hydrogen-bond acceptors (Lipinski definition) is 5. The van der Waals surface area contributed by atoms with Crippen LogP contribution in [0.1, 0.15) is 10.4 Å². The van der Waals surface area contributed by atoms with E-state index in [1.807, 2.05) is 18.2 Å². The van der Waals surface area contributed by atoms with Gasteiger partial charge in [0.2, 0.25) is 11.8 Å². The number of likely N-dealkylation sites (N-methyl/N-ethyl adjacent to an activating group) is 1. The van der Waals surface area contributed by atoms with Crippen molar-refractivity contribution in [3.05, 3.63) is 83.0 Å². The maximum absolute atomic E-state index is 12.6. The summed E-state index contributed by atoms with van der Waals surface area (Å²) in [5.41, 5.74) is 1.39. The monoisotopic (exact) mass is 495 g/mol. The number of carbonyl (C=O) groups excluding carboxylic acids is 3. The smallest absolute Gasteiger partial charge is 0.257 e. The summed E-state index contributed by atoms with van der Waals surface area (Å²) in [6.07, 6.45) is 1.58. The summed E-state index contributed by atoms with van der Waals surface area (Å²) in [6.45, 7) is -0.0306. The number of amides is 3. The Labute approximate surface area is 194 Å². The number of nitrogens with one attached hydrogen (secondary N) is 3. The van der Waals surface area contributed by atoms with Crippen LogP contribution in [0.3, 0.4) is 0 Å². The number of anilines is 3. The van der Waals surface area contributed by atoms with Crippen molar-refractivity contribution in [1.82, 2.24) is 9.88 Å². The van der Waals surface area contributed by atoms with Gasteiger partial charge in [-0.05, 0) is 59.4 Å². The molecule has 0 spiro atoms. The van der Waals surface area contributed by atoms with Gasteiger partial charge >= 0.3 is 0 Å². The summed E-state index contributed by atoms with van der Waals surface area (Å²) in [6, 6.07) is 19.3. The van der Waals surface area contributed by atoms with Crippen LogP contribution in [0.25, 0.3) is 0 Å². The van der Waals surface area contributed by atoms with E-state index in [0.717, 1.165) is 4.47 Å². The SMILES string of the molecule is CN(CC(=O)Nc1ccc(Br)cn1)CC(=O)Nc1ccccc1C(=O)Nc1ccccc1. The molecule has 1 aromatic heterocycles. The van der Waals surface area contributed by atoms with Crippen molar-refractivity contribution in [1.29, 1.82) is 0 Å². The van der Waals surface area contributed by atoms with Crippen LogP contribution in [0.2, 0.25) is 0 Å². The average Bonchev–Trinajstić information content (AvgIpc) is 2.76. The van der Waals surface area contributed by atoms with E-state index in [0.29, 0.717) is 22.8 Å². The zero-order valence-electron chi connectivity index (χ0n) is 17.3. The van der Waals surface area contributed by atoms with Crippen LogP contribution in [0.4, 0.5) is 17.2 Å². The molecule has 0 atom stereocenters.